The summed E-state index contributed by atoms with van der Waals surface area (Å²) in [5.41, 5.74) is 2.10. The van der Waals surface area contributed by atoms with Crippen LogP contribution < -0.4 is 0 Å². The van der Waals surface area contributed by atoms with Gasteiger partial charge in [0.05, 0.1) is 6.61 Å². The second kappa shape index (κ2) is 6.86. The van der Waals surface area contributed by atoms with Crippen molar-refractivity contribution in [1.82, 2.24) is 4.90 Å². The van der Waals surface area contributed by atoms with Gasteiger partial charge in [-0.2, -0.15) is 0 Å². The summed E-state index contributed by atoms with van der Waals surface area (Å²) < 4.78 is 10.3. The summed E-state index contributed by atoms with van der Waals surface area (Å²) in [5.74, 6) is 0.252. The molecule has 5 nitrogen and oxygen atoms in total. The zero-order chi connectivity index (χ0) is 16.2. The van der Waals surface area contributed by atoms with E-state index in [2.05, 4.69) is 0 Å². The summed E-state index contributed by atoms with van der Waals surface area (Å²) in [5, 5.41) is 0. The molecule has 3 aliphatic rings. The van der Waals surface area contributed by atoms with Gasteiger partial charge >= 0.3 is 12.1 Å². The molecule has 4 rings (SSSR count). The number of nitrogens with zero attached hydrogens (tertiary/aromatic N) is 1. The molecule has 1 amide bonds. The average molecular weight is 315 g/mol. The molecule has 2 aliphatic heterocycles. The van der Waals surface area contributed by atoms with E-state index in [1.807, 2.05) is 30.3 Å². The third-order valence-electron chi connectivity index (χ3n) is 4.43. The predicted molar refractivity (Wildman–Crippen MR) is 84.5 cm³/mol. The van der Waals surface area contributed by atoms with Crippen molar-refractivity contribution < 1.29 is 19.1 Å². The van der Waals surface area contributed by atoms with Crippen LogP contribution in [0.2, 0.25) is 0 Å². The second-order valence-corrected chi connectivity index (χ2v) is 5.97. The fraction of sp³-hybridized carbons (Fsp3) is 0.444. The van der Waals surface area contributed by atoms with Gasteiger partial charge in [0, 0.05) is 19.2 Å². The highest BCUT2D eigenvalue weighted by atomic mass is 16.6. The van der Waals surface area contributed by atoms with E-state index in [0.717, 1.165) is 17.6 Å². The highest BCUT2D eigenvalue weighted by Crippen LogP contribution is 2.45. The number of carbonyl (C=O) groups is 2. The van der Waals surface area contributed by atoms with E-state index in [-0.39, 0.29) is 30.5 Å². The average Bonchev–Trinajstić information content (AvgIpc) is 2.59. The van der Waals surface area contributed by atoms with Gasteiger partial charge in [0.1, 0.15) is 6.61 Å². The van der Waals surface area contributed by atoms with Crippen LogP contribution in [0.1, 0.15) is 18.9 Å². The lowest BCUT2D eigenvalue weighted by molar-refractivity contribution is -0.137. The Morgan fingerprint density at radius 3 is 2.52 bits per heavy atom. The Balaban J connectivity index is 1.51. The quantitative estimate of drug-likeness (QED) is 0.633. The SMILES string of the molecule is CCOC(=O)C=C1C2CC1CN(C(=O)OCc1ccccc1)C2. The van der Waals surface area contributed by atoms with Gasteiger partial charge in [0.2, 0.25) is 0 Å². The molecule has 0 N–H and O–H groups in total. The number of piperidine rings is 2. The maximum Gasteiger partial charge on any atom is 0.410 e. The first kappa shape index (κ1) is 15.6. The smallest absolute Gasteiger partial charge is 0.410 e. The van der Waals surface area contributed by atoms with Crippen LogP contribution in [-0.2, 0) is 20.9 Å². The van der Waals surface area contributed by atoms with Gasteiger partial charge in [-0.25, -0.2) is 9.59 Å². The first-order valence-electron chi connectivity index (χ1n) is 8.01. The highest BCUT2D eigenvalue weighted by Gasteiger charge is 2.44. The number of esters is 1. The number of ether oxygens (including phenoxy) is 2. The summed E-state index contributed by atoms with van der Waals surface area (Å²) >= 11 is 0. The van der Waals surface area contributed by atoms with Crippen molar-refractivity contribution in [2.45, 2.75) is 20.0 Å². The molecule has 122 valence electrons. The normalized spacial score (nSPS) is 22.1. The molecular weight excluding hydrogens is 294 g/mol. The van der Waals surface area contributed by atoms with Crippen molar-refractivity contribution in [3.05, 3.63) is 47.5 Å². The monoisotopic (exact) mass is 315 g/mol. The van der Waals surface area contributed by atoms with E-state index < -0.39 is 0 Å². The van der Waals surface area contributed by atoms with Crippen LogP contribution in [0.4, 0.5) is 4.79 Å². The largest absolute Gasteiger partial charge is 0.463 e. The van der Waals surface area contributed by atoms with E-state index in [1.54, 1.807) is 17.9 Å². The van der Waals surface area contributed by atoms with Gasteiger partial charge in [0.25, 0.3) is 0 Å². The fourth-order valence-corrected chi connectivity index (χ4v) is 3.27. The molecule has 0 aromatic heterocycles. The number of rotatable bonds is 4. The van der Waals surface area contributed by atoms with Gasteiger partial charge in [0.15, 0.2) is 0 Å². The maximum absolute atomic E-state index is 12.2. The van der Waals surface area contributed by atoms with E-state index in [9.17, 15) is 9.59 Å². The Labute approximate surface area is 135 Å². The van der Waals surface area contributed by atoms with Gasteiger partial charge in [-0.15, -0.1) is 0 Å². The molecule has 2 heterocycles. The molecule has 0 spiro atoms. The Morgan fingerprint density at radius 2 is 1.87 bits per heavy atom. The number of amides is 1. The fourth-order valence-electron chi connectivity index (χ4n) is 3.27. The van der Waals surface area contributed by atoms with Gasteiger partial charge in [-0.05, 0) is 30.7 Å². The molecule has 2 bridgehead atoms. The topological polar surface area (TPSA) is 55.8 Å². The number of hydrogen-bond acceptors (Lipinski definition) is 4. The van der Waals surface area contributed by atoms with Crippen molar-refractivity contribution in [3.8, 4) is 0 Å². The first-order valence-corrected chi connectivity index (χ1v) is 8.01. The standard InChI is InChI=1S/C18H21NO4/c1-2-22-17(20)9-16-14-8-15(16)11-19(10-14)18(21)23-12-13-6-4-3-5-7-13/h3-7,9,14-15H,2,8,10-12H2,1H3. The lowest BCUT2D eigenvalue weighted by atomic mass is 9.66. The number of carbonyl (C=O) groups excluding carboxylic acids is 2. The Morgan fingerprint density at radius 1 is 1.17 bits per heavy atom. The van der Waals surface area contributed by atoms with Crippen molar-refractivity contribution in [2.24, 2.45) is 11.8 Å². The number of fused-ring (bicyclic) bond motifs is 2. The molecular formula is C18H21NO4. The summed E-state index contributed by atoms with van der Waals surface area (Å²) in [6, 6.07) is 9.64. The first-order chi connectivity index (χ1) is 11.2. The number of benzene rings is 1. The van der Waals surface area contributed by atoms with Crippen LogP contribution in [0.15, 0.2) is 42.0 Å². The lowest BCUT2D eigenvalue weighted by Gasteiger charge is -2.48. The van der Waals surface area contributed by atoms with Crippen LogP contribution in [0.5, 0.6) is 0 Å². The number of hydrogen-bond donors (Lipinski definition) is 0. The lowest BCUT2D eigenvalue weighted by Crippen LogP contribution is -2.52. The van der Waals surface area contributed by atoms with Gasteiger partial charge in [-0.1, -0.05) is 35.9 Å². The minimum atomic E-state index is -0.280. The minimum absolute atomic E-state index is 0.266. The molecule has 1 aromatic rings. The molecule has 1 aliphatic carbocycles. The Kier molecular flexibility index (Phi) is 4.65. The molecule has 0 radical (unpaired) electrons. The van der Waals surface area contributed by atoms with Crippen molar-refractivity contribution in [1.29, 1.82) is 0 Å². The summed E-state index contributed by atoms with van der Waals surface area (Å²) in [6.07, 6.45) is 2.36. The highest BCUT2D eigenvalue weighted by molar-refractivity contribution is 5.83. The van der Waals surface area contributed by atoms with Crippen LogP contribution in [-0.4, -0.2) is 36.7 Å². The third-order valence-corrected chi connectivity index (χ3v) is 4.43. The molecule has 1 saturated carbocycles. The van der Waals surface area contributed by atoms with Crippen molar-refractivity contribution in [3.63, 3.8) is 0 Å². The van der Waals surface area contributed by atoms with E-state index in [4.69, 9.17) is 9.47 Å². The van der Waals surface area contributed by atoms with Crippen LogP contribution >= 0.6 is 0 Å². The molecule has 2 atom stereocenters. The van der Waals surface area contributed by atoms with Crippen LogP contribution in [0, 0.1) is 11.8 Å². The molecule has 3 fully saturated rings. The van der Waals surface area contributed by atoms with E-state index >= 15 is 0 Å². The maximum atomic E-state index is 12.2. The molecule has 2 saturated heterocycles. The zero-order valence-electron chi connectivity index (χ0n) is 13.2. The van der Waals surface area contributed by atoms with Gasteiger partial charge < -0.3 is 14.4 Å². The van der Waals surface area contributed by atoms with E-state index in [0.29, 0.717) is 19.7 Å². The molecule has 1 aromatic carbocycles. The predicted octanol–water partition coefficient (Wildman–Crippen LogP) is 2.76. The summed E-state index contributed by atoms with van der Waals surface area (Å²) in [7, 11) is 0. The summed E-state index contributed by atoms with van der Waals surface area (Å²) in [6.45, 7) is 3.71. The second-order valence-electron chi connectivity index (χ2n) is 5.97. The Hall–Kier alpha value is -2.30. The van der Waals surface area contributed by atoms with Crippen molar-refractivity contribution >= 4 is 12.1 Å². The zero-order valence-corrected chi connectivity index (χ0v) is 13.2. The Bertz CT molecular complexity index is 597. The molecule has 5 heteroatoms. The third kappa shape index (κ3) is 3.55. The van der Waals surface area contributed by atoms with Crippen LogP contribution in [0.25, 0.3) is 0 Å². The van der Waals surface area contributed by atoms with E-state index in [1.165, 1.54) is 0 Å². The molecule has 2 unspecified atom stereocenters. The van der Waals surface area contributed by atoms with Crippen molar-refractivity contribution in [2.75, 3.05) is 19.7 Å². The minimum Gasteiger partial charge on any atom is -0.463 e. The molecule has 23 heavy (non-hydrogen) atoms. The van der Waals surface area contributed by atoms with Crippen LogP contribution in [0.3, 0.4) is 0 Å². The van der Waals surface area contributed by atoms with Gasteiger partial charge in [-0.3, -0.25) is 0 Å². The summed E-state index contributed by atoms with van der Waals surface area (Å²) in [4.78, 5) is 25.5.